The number of hydrogen-bond donors (Lipinski definition) is 0. The predicted molar refractivity (Wildman–Crippen MR) is 50.4 cm³/mol. The molecule has 0 saturated heterocycles. The number of benzene rings is 1. The van der Waals surface area contributed by atoms with E-state index in [9.17, 15) is 4.91 Å². The van der Waals surface area contributed by atoms with Crippen LogP contribution in [0.2, 0.25) is 0 Å². The third-order valence-corrected chi connectivity index (χ3v) is 1.66. The van der Waals surface area contributed by atoms with Gasteiger partial charge in [-0.3, -0.25) is 0 Å². The lowest BCUT2D eigenvalue weighted by Gasteiger charge is -2.03. The van der Waals surface area contributed by atoms with Gasteiger partial charge in [-0.05, 0) is 35.2 Å². The third-order valence-electron chi connectivity index (χ3n) is 1.66. The van der Waals surface area contributed by atoms with E-state index in [0.717, 1.165) is 6.42 Å². The molecule has 0 spiro atoms. The summed E-state index contributed by atoms with van der Waals surface area (Å²) in [5.74, 6) is 0.618. The van der Waals surface area contributed by atoms with Crippen LogP contribution in [0.25, 0.3) is 0 Å². The zero-order valence-electron chi connectivity index (χ0n) is 7.45. The molecule has 0 atom stereocenters. The van der Waals surface area contributed by atoms with Crippen LogP contribution in [0.5, 0.6) is 0 Å². The molecule has 0 fully saturated rings. The van der Waals surface area contributed by atoms with Crippen molar-refractivity contribution in [2.24, 2.45) is 11.1 Å². The highest BCUT2D eigenvalue weighted by Crippen LogP contribution is 2.15. The summed E-state index contributed by atoms with van der Waals surface area (Å²) in [7, 11) is 0. The van der Waals surface area contributed by atoms with Gasteiger partial charge >= 0.3 is 0 Å². The van der Waals surface area contributed by atoms with Gasteiger partial charge in [-0.2, -0.15) is 0 Å². The highest BCUT2D eigenvalue weighted by atomic mass is 16.3. The van der Waals surface area contributed by atoms with E-state index in [4.69, 9.17) is 0 Å². The summed E-state index contributed by atoms with van der Waals surface area (Å²) in [6.07, 6.45) is 1.00. The predicted octanol–water partition coefficient (Wildman–Crippen LogP) is 3.28. The first kappa shape index (κ1) is 8.91. The number of rotatable bonds is 3. The topological polar surface area (TPSA) is 29.4 Å². The molecule has 0 saturated carbocycles. The molecule has 0 amide bonds. The van der Waals surface area contributed by atoms with Crippen LogP contribution in [-0.4, -0.2) is 0 Å². The van der Waals surface area contributed by atoms with Crippen LogP contribution in [0, 0.1) is 10.8 Å². The first-order valence-corrected chi connectivity index (χ1v) is 4.14. The van der Waals surface area contributed by atoms with Gasteiger partial charge in [-0.25, -0.2) is 0 Å². The van der Waals surface area contributed by atoms with Gasteiger partial charge < -0.3 is 0 Å². The Morgan fingerprint density at radius 1 is 1.42 bits per heavy atom. The number of hydrogen-bond acceptors (Lipinski definition) is 2. The van der Waals surface area contributed by atoms with Gasteiger partial charge in [0.2, 0.25) is 0 Å². The highest BCUT2D eigenvalue weighted by Gasteiger charge is 1.98. The Bertz CT molecular complexity index is 268. The molecule has 1 aromatic rings. The third kappa shape index (κ3) is 2.46. The fraction of sp³-hybridized carbons (Fsp3) is 0.400. The monoisotopic (exact) mass is 163 g/mol. The Kier molecular flexibility index (Phi) is 2.97. The van der Waals surface area contributed by atoms with Gasteiger partial charge in [0.25, 0.3) is 0 Å². The second kappa shape index (κ2) is 4.00. The molecule has 0 aliphatic heterocycles. The van der Waals surface area contributed by atoms with E-state index in [2.05, 4.69) is 19.0 Å². The Morgan fingerprint density at radius 2 is 2.17 bits per heavy atom. The lowest BCUT2D eigenvalue weighted by Crippen LogP contribution is -1.92. The first-order chi connectivity index (χ1) is 5.72. The molecule has 0 unspecified atom stereocenters. The Balaban J connectivity index is 2.79. The van der Waals surface area contributed by atoms with Gasteiger partial charge in [0.1, 0.15) is 5.69 Å². The quantitative estimate of drug-likeness (QED) is 0.629. The van der Waals surface area contributed by atoms with Gasteiger partial charge in [0, 0.05) is 0 Å². The molecule has 12 heavy (non-hydrogen) atoms. The summed E-state index contributed by atoms with van der Waals surface area (Å²) >= 11 is 0. The zero-order chi connectivity index (χ0) is 8.97. The minimum atomic E-state index is 0.521. The molecular formula is C10H13NO. The molecule has 2 heteroatoms. The second-order valence-electron chi connectivity index (χ2n) is 3.36. The Labute approximate surface area is 72.6 Å². The van der Waals surface area contributed by atoms with Crippen LogP contribution in [0.15, 0.2) is 29.4 Å². The molecule has 1 rings (SSSR count). The maximum atomic E-state index is 10.2. The highest BCUT2D eigenvalue weighted by molar-refractivity contribution is 5.39. The van der Waals surface area contributed by atoms with E-state index < -0.39 is 0 Å². The summed E-state index contributed by atoms with van der Waals surface area (Å²) in [6, 6.07) is 7.45. The van der Waals surface area contributed by atoms with Crippen molar-refractivity contribution in [2.45, 2.75) is 20.3 Å². The summed E-state index contributed by atoms with van der Waals surface area (Å²) in [6.45, 7) is 4.31. The first-order valence-electron chi connectivity index (χ1n) is 4.14. The molecule has 0 aliphatic rings. The fourth-order valence-electron chi connectivity index (χ4n) is 1.21. The maximum absolute atomic E-state index is 10.2. The number of nitroso groups, excluding NO2 is 1. The Morgan fingerprint density at radius 3 is 2.75 bits per heavy atom. The average molecular weight is 163 g/mol. The molecular weight excluding hydrogens is 150 g/mol. The van der Waals surface area contributed by atoms with Crippen LogP contribution in [0.1, 0.15) is 19.4 Å². The summed E-state index contributed by atoms with van der Waals surface area (Å²) in [5, 5.41) is 2.89. The molecule has 0 aliphatic carbocycles. The standard InChI is InChI=1S/C10H13NO/c1-8(2)6-9-4-3-5-10(7-9)11-12/h3-5,7-8H,6H2,1-2H3. The van der Waals surface area contributed by atoms with Crippen molar-refractivity contribution in [1.29, 1.82) is 0 Å². The SMILES string of the molecule is CC(C)Cc1cccc(N=O)c1. The molecule has 0 bridgehead atoms. The van der Waals surface area contributed by atoms with Crippen molar-refractivity contribution in [3.05, 3.63) is 34.7 Å². The fourth-order valence-corrected chi connectivity index (χ4v) is 1.21. The van der Waals surface area contributed by atoms with E-state index >= 15 is 0 Å². The van der Waals surface area contributed by atoms with Crippen LogP contribution in [0.3, 0.4) is 0 Å². The van der Waals surface area contributed by atoms with Gasteiger partial charge in [-0.15, -0.1) is 4.91 Å². The van der Waals surface area contributed by atoms with E-state index in [-0.39, 0.29) is 0 Å². The number of nitrogens with zero attached hydrogens (tertiary/aromatic N) is 1. The normalized spacial score (nSPS) is 10.2. The maximum Gasteiger partial charge on any atom is 0.108 e. The molecule has 0 N–H and O–H groups in total. The molecule has 0 heterocycles. The zero-order valence-corrected chi connectivity index (χ0v) is 7.45. The summed E-state index contributed by atoms with van der Waals surface area (Å²) in [5.41, 5.74) is 1.70. The van der Waals surface area contributed by atoms with Crippen molar-refractivity contribution in [3.63, 3.8) is 0 Å². The summed E-state index contributed by atoms with van der Waals surface area (Å²) < 4.78 is 0. The molecule has 2 nitrogen and oxygen atoms in total. The molecule has 0 radical (unpaired) electrons. The van der Waals surface area contributed by atoms with Gasteiger partial charge in [-0.1, -0.05) is 26.0 Å². The molecule has 0 aromatic heterocycles. The van der Waals surface area contributed by atoms with Crippen LogP contribution >= 0.6 is 0 Å². The van der Waals surface area contributed by atoms with Crippen LogP contribution in [0.4, 0.5) is 5.69 Å². The van der Waals surface area contributed by atoms with Crippen molar-refractivity contribution in [1.82, 2.24) is 0 Å². The van der Waals surface area contributed by atoms with E-state index in [0.29, 0.717) is 11.6 Å². The lowest BCUT2D eigenvalue weighted by atomic mass is 10.0. The largest absolute Gasteiger partial charge is 0.145 e. The van der Waals surface area contributed by atoms with Crippen molar-refractivity contribution >= 4 is 5.69 Å². The average Bonchev–Trinajstić information content (AvgIpc) is 2.03. The lowest BCUT2D eigenvalue weighted by molar-refractivity contribution is 0.647. The van der Waals surface area contributed by atoms with E-state index in [1.807, 2.05) is 18.2 Å². The van der Waals surface area contributed by atoms with Crippen molar-refractivity contribution in [2.75, 3.05) is 0 Å². The van der Waals surface area contributed by atoms with E-state index in [1.54, 1.807) is 6.07 Å². The molecule has 64 valence electrons. The Hall–Kier alpha value is -1.18. The minimum absolute atomic E-state index is 0.521. The van der Waals surface area contributed by atoms with E-state index in [1.165, 1.54) is 5.56 Å². The molecule has 1 aromatic carbocycles. The van der Waals surface area contributed by atoms with Crippen LogP contribution in [-0.2, 0) is 6.42 Å². The van der Waals surface area contributed by atoms with Gasteiger partial charge in [0.15, 0.2) is 0 Å². The minimum Gasteiger partial charge on any atom is -0.145 e. The van der Waals surface area contributed by atoms with Crippen LogP contribution < -0.4 is 0 Å². The van der Waals surface area contributed by atoms with Gasteiger partial charge in [0.05, 0.1) is 0 Å². The van der Waals surface area contributed by atoms with Crippen molar-refractivity contribution < 1.29 is 0 Å². The smallest absolute Gasteiger partial charge is 0.108 e. The summed E-state index contributed by atoms with van der Waals surface area (Å²) in [4.78, 5) is 10.2. The second-order valence-corrected chi connectivity index (χ2v) is 3.36. The van der Waals surface area contributed by atoms with Crippen molar-refractivity contribution in [3.8, 4) is 0 Å².